The van der Waals surface area contributed by atoms with Crippen molar-refractivity contribution in [2.24, 2.45) is 0 Å². The number of fused-ring (bicyclic) bond motifs is 2. The lowest BCUT2D eigenvalue weighted by Crippen LogP contribution is -2.40. The molecule has 0 aromatic heterocycles. The molecule has 6 N–H and O–H groups in total. The van der Waals surface area contributed by atoms with Crippen LogP contribution in [0.5, 0.6) is 46.0 Å². The van der Waals surface area contributed by atoms with Gasteiger partial charge in [0, 0.05) is 46.5 Å². The van der Waals surface area contributed by atoms with Crippen LogP contribution >= 0.6 is 0 Å². The van der Waals surface area contributed by atoms with E-state index < -0.39 is 47.1 Å². The summed E-state index contributed by atoms with van der Waals surface area (Å²) < 4.78 is 11.9. The minimum absolute atomic E-state index is 0.0470. The lowest BCUT2D eigenvalue weighted by atomic mass is 9.70. The molecule has 202 valence electrons. The predicted molar refractivity (Wildman–Crippen MR) is 138 cm³/mol. The third-order valence-corrected chi connectivity index (χ3v) is 7.18. The van der Waals surface area contributed by atoms with E-state index in [1.54, 1.807) is 0 Å². The number of phenolic OH excluding ortho intramolecular Hbond substituents is 6. The number of Topliss-reactive ketones (excluding diaryl/α,β-unsaturated/α-hetero) is 2. The second kappa shape index (κ2) is 9.12. The smallest absolute Gasteiger partial charge is 0.186 e. The van der Waals surface area contributed by atoms with Crippen molar-refractivity contribution in [2.45, 2.75) is 24.0 Å². The molecule has 4 aromatic carbocycles. The fourth-order valence-corrected chi connectivity index (χ4v) is 5.42. The zero-order valence-electron chi connectivity index (χ0n) is 20.6. The zero-order valence-corrected chi connectivity index (χ0v) is 20.6. The standard InChI is InChI=1S/C30H22O10/c31-15-5-1-13(2-6-15)29-27(37)25(23-19(35)9-17(33)11-21(23)39-29)26-24-20(36)10-18(34)12-22(24)40-30(28(26)38)14-3-7-16(32)8-4-14/h1-12,25-26,29-36H/t25-,26+,29-,30+. The van der Waals surface area contributed by atoms with Gasteiger partial charge in [-0.05, 0) is 24.3 Å². The SMILES string of the molecule is O=C1[C@@H]([C@H]2C(=O)[C@H](c3ccc(O)cc3)Oc3cc(O)cc(O)c32)c2c(O)cc(O)cc2O[C@@H]1c1ccc(O)cc1. The van der Waals surface area contributed by atoms with Gasteiger partial charge in [0.15, 0.2) is 23.8 Å². The van der Waals surface area contributed by atoms with Crippen LogP contribution in [0.1, 0.15) is 46.3 Å². The maximum atomic E-state index is 14.2. The summed E-state index contributed by atoms with van der Waals surface area (Å²) in [6.45, 7) is 0. The summed E-state index contributed by atoms with van der Waals surface area (Å²) in [5.41, 5.74) is 0.541. The Hall–Kier alpha value is -5.38. The number of phenols is 6. The van der Waals surface area contributed by atoms with E-state index in [1.807, 2.05) is 0 Å². The van der Waals surface area contributed by atoms with Crippen molar-refractivity contribution < 1.29 is 49.7 Å². The third-order valence-electron chi connectivity index (χ3n) is 7.18. The van der Waals surface area contributed by atoms with Crippen molar-refractivity contribution in [3.63, 3.8) is 0 Å². The molecule has 10 heteroatoms. The molecule has 0 bridgehead atoms. The Morgan fingerprint density at radius 2 is 0.825 bits per heavy atom. The first-order valence-electron chi connectivity index (χ1n) is 12.2. The van der Waals surface area contributed by atoms with Gasteiger partial charge in [-0.1, -0.05) is 24.3 Å². The van der Waals surface area contributed by atoms with E-state index >= 15 is 0 Å². The van der Waals surface area contributed by atoms with Crippen molar-refractivity contribution in [1.29, 1.82) is 0 Å². The van der Waals surface area contributed by atoms with Gasteiger partial charge in [-0.25, -0.2) is 0 Å². The van der Waals surface area contributed by atoms with Crippen molar-refractivity contribution >= 4 is 11.6 Å². The van der Waals surface area contributed by atoms with Crippen molar-refractivity contribution in [3.8, 4) is 46.0 Å². The summed E-state index contributed by atoms with van der Waals surface area (Å²) in [4.78, 5) is 28.4. The third kappa shape index (κ3) is 3.97. The van der Waals surface area contributed by atoms with Crippen LogP contribution in [0.2, 0.25) is 0 Å². The van der Waals surface area contributed by atoms with E-state index in [-0.39, 0.29) is 45.6 Å². The van der Waals surface area contributed by atoms with Crippen LogP contribution in [0.25, 0.3) is 0 Å². The summed E-state index contributed by atoms with van der Waals surface area (Å²) in [6.07, 6.45) is -2.60. The lowest BCUT2D eigenvalue weighted by Gasteiger charge is -2.39. The van der Waals surface area contributed by atoms with E-state index in [1.165, 1.54) is 60.7 Å². The second-order valence-corrected chi connectivity index (χ2v) is 9.69. The molecule has 2 aliphatic rings. The van der Waals surface area contributed by atoms with Gasteiger partial charge in [-0.15, -0.1) is 0 Å². The second-order valence-electron chi connectivity index (χ2n) is 9.69. The molecule has 6 rings (SSSR count). The topological polar surface area (TPSA) is 174 Å². The Bertz CT molecular complexity index is 1530. The van der Waals surface area contributed by atoms with Crippen LogP contribution in [0.4, 0.5) is 0 Å². The maximum Gasteiger partial charge on any atom is 0.186 e. The summed E-state index contributed by atoms with van der Waals surface area (Å²) in [5.74, 6) is -6.02. The van der Waals surface area contributed by atoms with Crippen molar-refractivity contribution in [3.05, 3.63) is 95.1 Å². The first-order chi connectivity index (χ1) is 19.1. The quantitative estimate of drug-likeness (QED) is 0.220. The Balaban J connectivity index is 1.58. The highest BCUT2D eigenvalue weighted by Crippen LogP contribution is 2.57. The van der Waals surface area contributed by atoms with Gasteiger partial charge in [0.25, 0.3) is 0 Å². The summed E-state index contributed by atoms with van der Waals surface area (Å²) in [6, 6.07) is 15.8. The normalized spacial score (nSPS) is 21.6. The van der Waals surface area contributed by atoms with Crippen molar-refractivity contribution in [2.75, 3.05) is 0 Å². The van der Waals surface area contributed by atoms with Crippen LogP contribution in [0.3, 0.4) is 0 Å². The monoisotopic (exact) mass is 542 g/mol. The number of rotatable bonds is 3. The fourth-order valence-electron chi connectivity index (χ4n) is 5.42. The molecule has 0 fully saturated rings. The first kappa shape index (κ1) is 24.9. The molecule has 10 nitrogen and oxygen atoms in total. The number of aromatic hydroxyl groups is 6. The molecule has 0 saturated heterocycles. The minimum Gasteiger partial charge on any atom is -0.508 e. The molecule has 2 heterocycles. The molecular weight excluding hydrogens is 520 g/mol. The van der Waals surface area contributed by atoms with Crippen LogP contribution in [-0.2, 0) is 9.59 Å². The van der Waals surface area contributed by atoms with Gasteiger partial charge in [0.05, 0.1) is 11.8 Å². The molecule has 4 aromatic rings. The summed E-state index contributed by atoms with van der Waals surface area (Å²) in [5, 5.41) is 61.7. The molecule has 40 heavy (non-hydrogen) atoms. The molecule has 0 radical (unpaired) electrons. The summed E-state index contributed by atoms with van der Waals surface area (Å²) >= 11 is 0. The number of hydrogen-bond donors (Lipinski definition) is 6. The molecule has 2 aliphatic heterocycles. The van der Waals surface area contributed by atoms with E-state index in [2.05, 4.69) is 0 Å². The molecule has 0 spiro atoms. The summed E-state index contributed by atoms with van der Waals surface area (Å²) in [7, 11) is 0. The largest absolute Gasteiger partial charge is 0.508 e. The number of ether oxygens (including phenoxy) is 2. The molecule has 0 amide bonds. The first-order valence-corrected chi connectivity index (χ1v) is 12.2. The van der Waals surface area contributed by atoms with Gasteiger partial charge in [0.2, 0.25) is 0 Å². The van der Waals surface area contributed by atoms with E-state index in [4.69, 9.17) is 9.47 Å². The van der Waals surface area contributed by atoms with Gasteiger partial charge in [-0.3, -0.25) is 9.59 Å². The Labute approximate surface area is 226 Å². The van der Waals surface area contributed by atoms with Crippen LogP contribution < -0.4 is 9.47 Å². The Morgan fingerprint density at radius 3 is 1.18 bits per heavy atom. The fraction of sp³-hybridized carbons (Fsp3) is 0.133. The van der Waals surface area contributed by atoms with Crippen molar-refractivity contribution in [1.82, 2.24) is 0 Å². The maximum absolute atomic E-state index is 14.2. The molecule has 0 unspecified atom stereocenters. The molecule has 0 saturated carbocycles. The number of ketones is 2. The van der Waals surface area contributed by atoms with E-state index in [9.17, 15) is 40.2 Å². The average Bonchev–Trinajstić information content (AvgIpc) is 2.90. The average molecular weight is 542 g/mol. The van der Waals surface area contributed by atoms with Gasteiger partial charge in [0.1, 0.15) is 46.0 Å². The number of carbonyl (C=O) groups is 2. The van der Waals surface area contributed by atoms with Crippen LogP contribution in [0, 0.1) is 0 Å². The number of benzene rings is 4. The predicted octanol–water partition coefficient (Wildman–Crippen LogP) is 4.19. The van der Waals surface area contributed by atoms with Crippen LogP contribution in [-0.4, -0.2) is 42.2 Å². The van der Waals surface area contributed by atoms with Gasteiger partial charge in [-0.2, -0.15) is 0 Å². The molecule has 0 aliphatic carbocycles. The zero-order chi connectivity index (χ0) is 28.3. The van der Waals surface area contributed by atoms with E-state index in [0.717, 1.165) is 12.1 Å². The Kier molecular flexibility index (Phi) is 5.69. The highest BCUT2D eigenvalue weighted by Gasteiger charge is 2.52. The molecular formula is C30H22O10. The van der Waals surface area contributed by atoms with Crippen LogP contribution in [0.15, 0.2) is 72.8 Å². The minimum atomic E-state index is -1.42. The number of carbonyl (C=O) groups excluding carboxylic acids is 2. The van der Waals surface area contributed by atoms with Gasteiger partial charge < -0.3 is 40.1 Å². The highest BCUT2D eigenvalue weighted by molar-refractivity contribution is 6.04. The highest BCUT2D eigenvalue weighted by atomic mass is 16.5. The Morgan fingerprint density at radius 1 is 0.475 bits per heavy atom. The molecule has 4 atom stereocenters. The van der Waals surface area contributed by atoms with Gasteiger partial charge >= 0.3 is 0 Å². The van der Waals surface area contributed by atoms with E-state index in [0.29, 0.717) is 11.1 Å². The lowest BCUT2D eigenvalue weighted by molar-refractivity contribution is -0.137. The number of hydrogen-bond acceptors (Lipinski definition) is 10.